The molecule has 0 radical (unpaired) electrons. The Labute approximate surface area is 190 Å². The maximum absolute atomic E-state index is 14.5. The van der Waals surface area contributed by atoms with Crippen molar-refractivity contribution in [1.29, 1.82) is 0 Å². The largest absolute Gasteiger partial charge is 0.325 e. The minimum atomic E-state index is -2.41. The molecule has 0 amide bonds. The zero-order chi connectivity index (χ0) is 22.4. The normalized spacial score (nSPS) is 51.0. The maximum Gasteiger partial charge on any atom is 0.250 e. The van der Waals surface area contributed by atoms with Crippen molar-refractivity contribution in [3.8, 4) is 0 Å². The number of hydrogen-bond donors (Lipinski definition) is 1. The first-order valence-electron chi connectivity index (χ1n) is 13.9. The lowest BCUT2D eigenvalue weighted by Crippen LogP contribution is -2.59. The van der Waals surface area contributed by atoms with Crippen LogP contribution in [0.5, 0.6) is 0 Å². The van der Waals surface area contributed by atoms with E-state index in [0.29, 0.717) is 18.3 Å². The van der Waals surface area contributed by atoms with E-state index in [2.05, 4.69) is 13.8 Å². The number of fused-ring (bicyclic) bond motifs is 5. The van der Waals surface area contributed by atoms with E-state index >= 15 is 0 Å². The molecule has 0 bridgehead atoms. The van der Waals surface area contributed by atoms with Crippen molar-refractivity contribution in [1.82, 2.24) is 0 Å². The molecule has 3 heteroatoms. The molecule has 31 heavy (non-hydrogen) atoms. The number of halogens is 2. The van der Waals surface area contributed by atoms with Gasteiger partial charge in [-0.2, -0.15) is 0 Å². The molecule has 0 spiro atoms. The number of hydrogen-bond acceptors (Lipinski definition) is 1. The molecule has 0 heterocycles. The molecule has 1 nitrogen and oxygen atoms in total. The molecule has 5 rings (SSSR count). The Morgan fingerprint density at radius 1 is 0.774 bits per heavy atom. The summed E-state index contributed by atoms with van der Waals surface area (Å²) in [4.78, 5) is 0. The van der Waals surface area contributed by atoms with Gasteiger partial charge in [-0.1, -0.05) is 34.1 Å². The van der Waals surface area contributed by atoms with Crippen LogP contribution in [0.25, 0.3) is 0 Å². The summed E-state index contributed by atoms with van der Waals surface area (Å²) in [5.41, 5.74) is 7.26. The van der Waals surface area contributed by atoms with E-state index in [-0.39, 0.29) is 17.9 Å². The Bertz CT molecular complexity index is 606. The Morgan fingerprint density at radius 3 is 2.26 bits per heavy atom. The highest BCUT2D eigenvalue weighted by atomic mass is 19.3. The van der Waals surface area contributed by atoms with E-state index in [1.807, 2.05) is 13.8 Å². The second kappa shape index (κ2) is 9.22. The quantitative estimate of drug-likeness (QED) is 0.464. The third-order valence-corrected chi connectivity index (χ3v) is 10.8. The fraction of sp³-hybridized carbons (Fsp3) is 1.00. The standard InChI is InChI=1S/C26H43F2N.C2H6/c1-16-9-12-26(27,28)20(13-16)15-18-3-5-21-19(14-18)4-7-24-22(21)6-8-23-17(2)10-11-25(23,24)29;1-2/h16-24H,3-15,29H2,1-2H3;1-2H3. The molecule has 10 atom stereocenters. The molecule has 5 aliphatic carbocycles. The summed E-state index contributed by atoms with van der Waals surface area (Å²) < 4.78 is 29.1. The summed E-state index contributed by atoms with van der Waals surface area (Å²) in [6.07, 6.45) is 14.0. The van der Waals surface area contributed by atoms with Gasteiger partial charge in [-0.25, -0.2) is 8.78 Å². The molecule has 2 N–H and O–H groups in total. The molecule has 5 saturated carbocycles. The van der Waals surface area contributed by atoms with Gasteiger partial charge in [0.25, 0.3) is 5.92 Å². The average molecular weight is 438 g/mol. The number of nitrogens with two attached hydrogens (primary N) is 1. The van der Waals surface area contributed by atoms with E-state index in [1.165, 1.54) is 57.8 Å². The van der Waals surface area contributed by atoms with Crippen molar-refractivity contribution in [3.63, 3.8) is 0 Å². The summed E-state index contributed by atoms with van der Waals surface area (Å²) in [7, 11) is 0. The first kappa shape index (κ1) is 24.0. The first-order chi connectivity index (χ1) is 14.8. The van der Waals surface area contributed by atoms with E-state index in [4.69, 9.17) is 5.73 Å². The van der Waals surface area contributed by atoms with Gasteiger partial charge in [0.15, 0.2) is 0 Å². The highest BCUT2D eigenvalue weighted by molar-refractivity contribution is 5.11. The van der Waals surface area contributed by atoms with Gasteiger partial charge in [0.2, 0.25) is 0 Å². The number of alkyl halides is 2. The molecular weight excluding hydrogens is 388 g/mol. The highest BCUT2D eigenvalue weighted by Crippen LogP contribution is 2.61. The van der Waals surface area contributed by atoms with Crippen molar-refractivity contribution in [2.45, 2.75) is 123 Å². The molecule has 0 aliphatic heterocycles. The first-order valence-corrected chi connectivity index (χ1v) is 13.9. The lowest BCUT2D eigenvalue weighted by atomic mass is 9.50. The van der Waals surface area contributed by atoms with Crippen LogP contribution in [0.4, 0.5) is 8.78 Å². The van der Waals surface area contributed by atoms with Crippen LogP contribution in [0.3, 0.4) is 0 Å². The third kappa shape index (κ3) is 4.35. The summed E-state index contributed by atoms with van der Waals surface area (Å²) in [6.45, 7) is 8.60. The Kier molecular flexibility index (Phi) is 7.13. The van der Waals surface area contributed by atoms with E-state index in [0.717, 1.165) is 48.3 Å². The second-order valence-electron chi connectivity index (χ2n) is 12.3. The summed E-state index contributed by atoms with van der Waals surface area (Å²) in [5.74, 6) is 3.04. The molecule has 0 aromatic carbocycles. The zero-order valence-corrected chi connectivity index (χ0v) is 20.7. The topological polar surface area (TPSA) is 26.0 Å². The van der Waals surface area contributed by atoms with Gasteiger partial charge in [-0.05, 0) is 118 Å². The van der Waals surface area contributed by atoms with Gasteiger partial charge >= 0.3 is 0 Å². The molecular formula is C28H49F2N. The molecule has 0 aromatic rings. The SMILES string of the molecule is CC.CC1CCC(F)(F)C(CC2CCC3C(CCC4C3CCC3C(C)CCC34N)C2)C1. The Balaban J connectivity index is 0.00000112. The predicted octanol–water partition coefficient (Wildman–Crippen LogP) is 8.07. The van der Waals surface area contributed by atoms with Crippen molar-refractivity contribution in [3.05, 3.63) is 0 Å². The minimum absolute atomic E-state index is 0.116. The van der Waals surface area contributed by atoms with Crippen molar-refractivity contribution in [2.75, 3.05) is 0 Å². The highest BCUT2D eigenvalue weighted by Gasteiger charge is 2.57. The van der Waals surface area contributed by atoms with Crippen molar-refractivity contribution >= 4 is 0 Å². The lowest BCUT2D eigenvalue weighted by molar-refractivity contribution is -0.109. The van der Waals surface area contributed by atoms with Gasteiger partial charge < -0.3 is 5.73 Å². The van der Waals surface area contributed by atoms with Crippen LogP contribution in [-0.2, 0) is 0 Å². The van der Waals surface area contributed by atoms with Crippen LogP contribution in [0, 0.1) is 53.3 Å². The van der Waals surface area contributed by atoms with Crippen LogP contribution in [0.15, 0.2) is 0 Å². The molecule has 10 unspecified atom stereocenters. The average Bonchev–Trinajstić information content (AvgIpc) is 3.07. The van der Waals surface area contributed by atoms with Crippen LogP contribution < -0.4 is 5.73 Å². The zero-order valence-electron chi connectivity index (χ0n) is 20.7. The minimum Gasteiger partial charge on any atom is -0.325 e. The Morgan fingerprint density at radius 2 is 1.48 bits per heavy atom. The second-order valence-corrected chi connectivity index (χ2v) is 12.3. The summed E-state index contributed by atoms with van der Waals surface area (Å²) in [5, 5.41) is 0. The van der Waals surface area contributed by atoms with Gasteiger partial charge in [0, 0.05) is 17.9 Å². The smallest absolute Gasteiger partial charge is 0.250 e. The van der Waals surface area contributed by atoms with E-state index in [9.17, 15) is 8.78 Å². The van der Waals surface area contributed by atoms with Crippen LogP contribution >= 0.6 is 0 Å². The molecule has 0 saturated heterocycles. The monoisotopic (exact) mass is 437 g/mol. The third-order valence-electron chi connectivity index (χ3n) is 10.8. The molecule has 5 fully saturated rings. The van der Waals surface area contributed by atoms with E-state index < -0.39 is 5.92 Å². The van der Waals surface area contributed by atoms with Gasteiger partial charge in [-0.15, -0.1) is 0 Å². The molecule has 180 valence electrons. The predicted molar refractivity (Wildman–Crippen MR) is 126 cm³/mol. The fourth-order valence-electron chi connectivity index (χ4n) is 9.35. The van der Waals surface area contributed by atoms with Gasteiger partial charge in [0.05, 0.1) is 0 Å². The van der Waals surface area contributed by atoms with E-state index in [1.54, 1.807) is 0 Å². The van der Waals surface area contributed by atoms with Gasteiger partial charge in [-0.3, -0.25) is 0 Å². The summed E-state index contributed by atoms with van der Waals surface area (Å²) in [6, 6.07) is 0. The van der Waals surface area contributed by atoms with Crippen LogP contribution in [0.2, 0.25) is 0 Å². The van der Waals surface area contributed by atoms with Crippen molar-refractivity contribution < 1.29 is 8.78 Å². The Hall–Kier alpha value is -0.180. The lowest BCUT2D eigenvalue weighted by Gasteiger charge is -2.57. The molecule has 0 aromatic heterocycles. The van der Waals surface area contributed by atoms with Gasteiger partial charge in [0.1, 0.15) is 0 Å². The summed E-state index contributed by atoms with van der Waals surface area (Å²) >= 11 is 0. The molecule has 5 aliphatic rings. The van der Waals surface area contributed by atoms with Crippen LogP contribution in [0.1, 0.15) is 111 Å². The fourth-order valence-corrected chi connectivity index (χ4v) is 9.35. The van der Waals surface area contributed by atoms with Crippen LogP contribution in [-0.4, -0.2) is 11.5 Å². The van der Waals surface area contributed by atoms with Crippen molar-refractivity contribution in [2.24, 2.45) is 59.0 Å². The maximum atomic E-state index is 14.5. The number of rotatable bonds is 2.